The number of hydrogen-bond donors (Lipinski definition) is 1. The van der Waals surface area contributed by atoms with Gasteiger partial charge in [0.1, 0.15) is 18.2 Å². The van der Waals surface area contributed by atoms with Crippen LogP contribution in [-0.2, 0) is 6.61 Å². The van der Waals surface area contributed by atoms with Crippen molar-refractivity contribution in [2.24, 2.45) is 0 Å². The minimum Gasteiger partial charge on any atom is -0.489 e. The smallest absolute Gasteiger partial charge is 0.266 e. The molecular weight excluding hydrogens is 382 g/mol. The molecule has 0 aliphatic carbocycles. The summed E-state index contributed by atoms with van der Waals surface area (Å²) in [5.74, 6) is 1.35. The maximum absolute atomic E-state index is 12.6. The first-order valence-corrected chi connectivity index (χ1v) is 9.93. The molecule has 0 saturated carbocycles. The Bertz CT molecular complexity index is 962. The second-order valence-electron chi connectivity index (χ2n) is 6.68. The number of thiophene rings is 1. The van der Waals surface area contributed by atoms with Crippen molar-refractivity contribution < 1.29 is 9.53 Å². The highest BCUT2D eigenvalue weighted by molar-refractivity contribution is 7.12. The number of carbonyl (C=O) groups is 1. The maximum Gasteiger partial charge on any atom is 0.266 e. The van der Waals surface area contributed by atoms with Crippen molar-refractivity contribution in [3.63, 3.8) is 0 Å². The number of hydrogen-bond acceptors (Lipinski definition) is 4. The number of aryl methyl sites for hydroxylation is 2. The number of ether oxygens (including phenoxy) is 1. The van der Waals surface area contributed by atoms with Crippen LogP contribution in [0.3, 0.4) is 0 Å². The molecule has 1 N–H and O–H groups in total. The number of nitrogens with zero attached hydrogens (tertiary/aromatic N) is 2. The van der Waals surface area contributed by atoms with E-state index in [-0.39, 0.29) is 11.9 Å². The molecule has 5 nitrogen and oxygen atoms in total. The lowest BCUT2D eigenvalue weighted by Crippen LogP contribution is -2.15. The minimum absolute atomic E-state index is 0.143. The van der Waals surface area contributed by atoms with E-state index in [1.54, 1.807) is 6.07 Å². The highest BCUT2D eigenvalue weighted by Crippen LogP contribution is 2.24. The van der Waals surface area contributed by atoms with Crippen LogP contribution in [-0.4, -0.2) is 15.7 Å². The van der Waals surface area contributed by atoms with E-state index in [2.05, 4.69) is 10.4 Å². The number of halogens is 1. The molecule has 0 unspecified atom stereocenters. The Morgan fingerprint density at radius 1 is 1.30 bits per heavy atom. The summed E-state index contributed by atoms with van der Waals surface area (Å²) in [4.78, 5) is 13.2. The molecule has 27 heavy (non-hydrogen) atoms. The van der Waals surface area contributed by atoms with Gasteiger partial charge in [-0.15, -0.1) is 11.3 Å². The summed E-state index contributed by atoms with van der Waals surface area (Å²) in [6.45, 7) is 8.32. The molecular formula is C20H22ClN3O2S. The molecule has 0 atom stereocenters. The first kappa shape index (κ1) is 19.5. The van der Waals surface area contributed by atoms with E-state index in [0.717, 1.165) is 22.6 Å². The van der Waals surface area contributed by atoms with Gasteiger partial charge >= 0.3 is 0 Å². The molecule has 2 heterocycles. The van der Waals surface area contributed by atoms with E-state index in [1.165, 1.54) is 11.3 Å². The fraction of sp³-hybridized carbons (Fsp3) is 0.300. The van der Waals surface area contributed by atoms with Gasteiger partial charge in [-0.1, -0.05) is 11.6 Å². The van der Waals surface area contributed by atoms with Gasteiger partial charge in [0, 0.05) is 22.7 Å². The molecule has 0 spiro atoms. The number of nitrogens with one attached hydrogen (secondary N) is 1. The number of aromatic nitrogens is 2. The lowest BCUT2D eigenvalue weighted by atomic mass is 10.2. The quantitative estimate of drug-likeness (QED) is 0.580. The molecule has 1 aromatic carbocycles. The van der Waals surface area contributed by atoms with Gasteiger partial charge in [-0.25, -0.2) is 4.68 Å². The minimum atomic E-state index is -0.143. The van der Waals surface area contributed by atoms with E-state index in [0.29, 0.717) is 22.3 Å². The largest absolute Gasteiger partial charge is 0.489 e. The second-order valence-corrected chi connectivity index (χ2v) is 8.03. The van der Waals surface area contributed by atoms with Crippen LogP contribution in [0, 0.1) is 13.8 Å². The topological polar surface area (TPSA) is 56.1 Å². The Balaban J connectivity index is 1.65. The van der Waals surface area contributed by atoms with Crippen molar-refractivity contribution in [3.8, 4) is 5.75 Å². The molecule has 1 amide bonds. The van der Waals surface area contributed by atoms with Crippen molar-refractivity contribution >= 4 is 34.7 Å². The average Bonchev–Trinajstić information content (AvgIpc) is 3.21. The summed E-state index contributed by atoms with van der Waals surface area (Å²) < 4.78 is 7.66. The molecule has 2 aromatic heterocycles. The Morgan fingerprint density at radius 2 is 2.07 bits per heavy atom. The maximum atomic E-state index is 12.6. The van der Waals surface area contributed by atoms with Crippen molar-refractivity contribution in [1.29, 1.82) is 0 Å². The van der Waals surface area contributed by atoms with Crippen molar-refractivity contribution in [1.82, 2.24) is 9.78 Å². The molecule has 0 aliphatic heterocycles. The van der Waals surface area contributed by atoms with Gasteiger partial charge in [0.25, 0.3) is 5.91 Å². The van der Waals surface area contributed by atoms with Gasteiger partial charge in [0.2, 0.25) is 0 Å². The summed E-state index contributed by atoms with van der Waals surface area (Å²) >= 11 is 7.36. The van der Waals surface area contributed by atoms with Crippen LogP contribution in [0.5, 0.6) is 5.75 Å². The lowest BCUT2D eigenvalue weighted by Gasteiger charge is -2.11. The zero-order valence-corrected chi connectivity index (χ0v) is 17.3. The van der Waals surface area contributed by atoms with Crippen LogP contribution >= 0.6 is 22.9 Å². The van der Waals surface area contributed by atoms with Crippen LogP contribution in [0.25, 0.3) is 0 Å². The Morgan fingerprint density at radius 3 is 2.78 bits per heavy atom. The van der Waals surface area contributed by atoms with Gasteiger partial charge in [-0.3, -0.25) is 4.79 Å². The Hall–Kier alpha value is -2.31. The van der Waals surface area contributed by atoms with Crippen molar-refractivity contribution in [2.45, 2.75) is 40.3 Å². The third-order valence-electron chi connectivity index (χ3n) is 4.00. The van der Waals surface area contributed by atoms with Crippen LogP contribution in [0.2, 0.25) is 5.02 Å². The summed E-state index contributed by atoms with van der Waals surface area (Å²) in [6.07, 6.45) is 0. The van der Waals surface area contributed by atoms with Crippen LogP contribution in [0.15, 0.2) is 35.7 Å². The predicted molar refractivity (Wildman–Crippen MR) is 110 cm³/mol. The Labute approximate surface area is 167 Å². The SMILES string of the molecule is Cc1cc(NC(=O)c2cc(COc3ccc(Cl)cc3C)cs2)n(C(C)C)n1. The van der Waals surface area contributed by atoms with Crippen molar-refractivity contribution in [2.75, 3.05) is 5.32 Å². The number of amides is 1. The first-order chi connectivity index (χ1) is 12.8. The number of benzene rings is 1. The van der Waals surface area contributed by atoms with E-state index >= 15 is 0 Å². The number of anilines is 1. The number of rotatable bonds is 6. The normalized spacial score (nSPS) is 11.0. The molecule has 3 rings (SSSR count). The fourth-order valence-corrected chi connectivity index (χ4v) is 3.71. The van der Waals surface area contributed by atoms with Gasteiger partial charge in [0.15, 0.2) is 0 Å². The van der Waals surface area contributed by atoms with E-state index < -0.39 is 0 Å². The van der Waals surface area contributed by atoms with E-state index in [1.807, 2.05) is 62.0 Å². The average molecular weight is 404 g/mol. The molecule has 3 aromatic rings. The predicted octanol–water partition coefficient (Wildman–Crippen LogP) is 5.63. The van der Waals surface area contributed by atoms with Gasteiger partial charge in [0.05, 0.1) is 10.6 Å². The zero-order chi connectivity index (χ0) is 19.6. The second kappa shape index (κ2) is 8.15. The third-order valence-corrected chi connectivity index (χ3v) is 5.21. The van der Waals surface area contributed by atoms with Crippen molar-refractivity contribution in [3.05, 3.63) is 62.4 Å². The van der Waals surface area contributed by atoms with Crippen LogP contribution < -0.4 is 10.1 Å². The first-order valence-electron chi connectivity index (χ1n) is 8.67. The monoisotopic (exact) mass is 403 g/mol. The summed E-state index contributed by atoms with van der Waals surface area (Å²) in [7, 11) is 0. The molecule has 7 heteroatoms. The van der Waals surface area contributed by atoms with Gasteiger partial charge < -0.3 is 10.1 Å². The molecule has 0 bridgehead atoms. The summed E-state index contributed by atoms with van der Waals surface area (Å²) in [5, 5.41) is 9.98. The highest BCUT2D eigenvalue weighted by Gasteiger charge is 2.15. The fourth-order valence-electron chi connectivity index (χ4n) is 2.69. The molecule has 0 radical (unpaired) electrons. The van der Waals surface area contributed by atoms with Crippen LogP contribution in [0.1, 0.15) is 46.4 Å². The highest BCUT2D eigenvalue weighted by atomic mass is 35.5. The van der Waals surface area contributed by atoms with Crippen LogP contribution in [0.4, 0.5) is 5.82 Å². The zero-order valence-electron chi connectivity index (χ0n) is 15.7. The summed E-state index contributed by atoms with van der Waals surface area (Å²) in [6, 6.07) is 9.42. The standard InChI is InChI=1S/C20H22ClN3O2S/c1-12(2)24-19(8-14(4)23-24)22-20(25)18-9-15(11-27-18)10-26-17-6-5-16(21)7-13(17)3/h5-9,11-12H,10H2,1-4H3,(H,22,25). The molecule has 0 saturated heterocycles. The number of carbonyl (C=O) groups excluding carboxylic acids is 1. The molecule has 0 fully saturated rings. The van der Waals surface area contributed by atoms with E-state index in [4.69, 9.17) is 16.3 Å². The van der Waals surface area contributed by atoms with E-state index in [9.17, 15) is 4.79 Å². The van der Waals surface area contributed by atoms with Gasteiger partial charge in [-0.2, -0.15) is 5.10 Å². The molecule has 0 aliphatic rings. The Kier molecular flexibility index (Phi) is 5.87. The lowest BCUT2D eigenvalue weighted by molar-refractivity contribution is 0.102. The summed E-state index contributed by atoms with van der Waals surface area (Å²) in [5.41, 5.74) is 2.80. The third kappa shape index (κ3) is 4.70. The molecule has 142 valence electrons. The van der Waals surface area contributed by atoms with Gasteiger partial charge in [-0.05, 0) is 62.9 Å².